The van der Waals surface area contributed by atoms with E-state index in [9.17, 15) is 10.2 Å². The summed E-state index contributed by atoms with van der Waals surface area (Å²) in [5, 5.41) is 32.9. The predicted molar refractivity (Wildman–Crippen MR) is 189 cm³/mol. The molecule has 47 heavy (non-hydrogen) atoms. The van der Waals surface area contributed by atoms with Crippen molar-refractivity contribution in [2.45, 2.75) is 0 Å². The maximum atomic E-state index is 12.2. The third-order valence-electron chi connectivity index (χ3n) is 8.06. The second kappa shape index (κ2) is 14.1. The van der Waals surface area contributed by atoms with Gasteiger partial charge in [0.2, 0.25) is 0 Å². The largest absolute Gasteiger partial charge is 2.00 e. The molecule has 1 radical (unpaired) electrons. The van der Waals surface area contributed by atoms with Crippen LogP contribution in [-0.4, -0.2) is 12.4 Å². The topological polar surface area (TPSA) is 70.8 Å². The zero-order valence-electron chi connectivity index (χ0n) is 25.2. The number of hydrogen-bond acceptors (Lipinski definition) is 4. The van der Waals surface area contributed by atoms with Gasteiger partial charge in [-0.25, -0.2) is 0 Å². The summed E-state index contributed by atoms with van der Waals surface area (Å²) in [7, 11) is 0. The summed E-state index contributed by atoms with van der Waals surface area (Å²) in [6.45, 7) is 0. The van der Waals surface area contributed by atoms with Gasteiger partial charge in [-0.2, -0.15) is 0 Å². The smallest absolute Gasteiger partial charge is 0.872 e. The minimum absolute atomic E-state index is 0. The third kappa shape index (κ3) is 6.63. The molecule has 8 aromatic rings. The summed E-state index contributed by atoms with van der Waals surface area (Å²) in [6, 6.07) is 50.9. The van der Waals surface area contributed by atoms with Crippen molar-refractivity contribution in [3.8, 4) is 11.5 Å². The fourth-order valence-corrected chi connectivity index (χ4v) is 5.73. The molecule has 0 aliphatic carbocycles. The number of rotatable bonds is 4. The minimum Gasteiger partial charge on any atom is -0.872 e. The maximum Gasteiger partial charge on any atom is 2.00 e. The van der Waals surface area contributed by atoms with E-state index < -0.39 is 0 Å². The molecule has 0 aromatic heterocycles. The van der Waals surface area contributed by atoms with Gasteiger partial charge in [-0.05, 0) is 55.6 Å². The van der Waals surface area contributed by atoms with Crippen LogP contribution < -0.4 is 10.2 Å². The van der Waals surface area contributed by atoms with Crippen LogP contribution in [0, 0.1) is 0 Å². The fraction of sp³-hybridized carbons (Fsp3) is 0. The van der Waals surface area contributed by atoms with E-state index >= 15 is 0 Å². The molecule has 229 valence electrons. The van der Waals surface area contributed by atoms with Crippen LogP contribution in [-0.2, 0) is 17.1 Å². The van der Waals surface area contributed by atoms with E-state index in [4.69, 9.17) is 0 Å². The number of fused-ring (bicyclic) bond motifs is 4. The van der Waals surface area contributed by atoms with E-state index in [0.717, 1.165) is 54.5 Å². The summed E-state index contributed by atoms with van der Waals surface area (Å²) < 4.78 is 0. The zero-order chi connectivity index (χ0) is 31.3. The van der Waals surface area contributed by atoms with Gasteiger partial charge in [-0.1, -0.05) is 157 Å². The van der Waals surface area contributed by atoms with Crippen molar-refractivity contribution in [3.05, 3.63) is 169 Å². The van der Waals surface area contributed by atoms with Crippen LogP contribution in [0.3, 0.4) is 0 Å². The number of nitrogens with zero attached hydrogens (tertiary/aromatic N) is 2. The van der Waals surface area contributed by atoms with Gasteiger partial charge in [0.25, 0.3) is 0 Å². The van der Waals surface area contributed by atoms with Gasteiger partial charge < -0.3 is 10.2 Å². The molecular weight excluding hydrogens is 628 g/mol. The van der Waals surface area contributed by atoms with Gasteiger partial charge >= 0.3 is 17.1 Å². The normalized spacial score (nSPS) is 11.2. The molecule has 0 saturated carbocycles. The van der Waals surface area contributed by atoms with Gasteiger partial charge in [0.15, 0.2) is 0 Å². The first kappa shape index (κ1) is 31.3. The molecule has 4 nitrogen and oxygen atoms in total. The number of benzene rings is 8. The van der Waals surface area contributed by atoms with Crippen molar-refractivity contribution in [2.24, 2.45) is 9.98 Å². The Kier molecular flexibility index (Phi) is 9.40. The quantitative estimate of drug-likeness (QED) is 0.140. The molecule has 0 fully saturated rings. The Labute approximate surface area is 283 Å². The van der Waals surface area contributed by atoms with Crippen LogP contribution in [0.5, 0.6) is 11.5 Å². The molecule has 0 amide bonds. The van der Waals surface area contributed by atoms with Crippen molar-refractivity contribution in [3.63, 3.8) is 0 Å². The van der Waals surface area contributed by atoms with Crippen LogP contribution in [0.2, 0.25) is 0 Å². The maximum absolute atomic E-state index is 12.2. The summed E-state index contributed by atoms with van der Waals surface area (Å²) in [5.74, 6) is -0.0135. The van der Waals surface area contributed by atoms with E-state index in [1.165, 1.54) is 0 Å². The average molecular weight is 656 g/mol. The Balaban J connectivity index is 0.000000161. The molecular formula is C42H28CuN2O2. The van der Waals surface area contributed by atoms with Crippen LogP contribution in [0.25, 0.3) is 43.1 Å². The molecule has 0 spiro atoms. The van der Waals surface area contributed by atoms with Gasteiger partial charge in [-0.15, -0.1) is 0 Å². The summed E-state index contributed by atoms with van der Waals surface area (Å²) in [6.07, 6.45) is 3.37. The SMILES string of the molecule is [Cu+2].[O-]c1ccc2ccccc2c1C=Nc1cccc2ccccc12.[O-]c1ccc2ccccc2c1C=Nc1cccc2ccccc12. The molecule has 0 saturated heterocycles. The van der Waals surface area contributed by atoms with Crippen molar-refractivity contribution in [1.82, 2.24) is 0 Å². The van der Waals surface area contributed by atoms with E-state index in [2.05, 4.69) is 34.3 Å². The average Bonchev–Trinajstić information content (AvgIpc) is 3.11. The number of aliphatic imine (C=N–C) groups is 2. The summed E-state index contributed by atoms with van der Waals surface area (Å²) in [5.41, 5.74) is 3.01. The Hall–Kier alpha value is -5.74. The molecule has 0 heterocycles. The van der Waals surface area contributed by atoms with Crippen molar-refractivity contribution in [1.29, 1.82) is 0 Å². The molecule has 0 bridgehead atoms. The summed E-state index contributed by atoms with van der Waals surface area (Å²) in [4.78, 5) is 9.18. The van der Waals surface area contributed by atoms with E-state index in [0.29, 0.717) is 11.1 Å². The molecule has 0 unspecified atom stereocenters. The second-order valence-corrected chi connectivity index (χ2v) is 10.9. The Morgan fingerprint density at radius 1 is 0.340 bits per heavy atom. The first-order chi connectivity index (χ1) is 22.7. The molecule has 8 rings (SSSR count). The Morgan fingerprint density at radius 3 is 1.06 bits per heavy atom. The van der Waals surface area contributed by atoms with Crippen LogP contribution in [0.4, 0.5) is 11.4 Å². The van der Waals surface area contributed by atoms with Gasteiger partial charge in [-0.3, -0.25) is 9.98 Å². The van der Waals surface area contributed by atoms with Crippen LogP contribution in [0.15, 0.2) is 168 Å². The van der Waals surface area contributed by atoms with Gasteiger partial charge in [0, 0.05) is 23.2 Å². The fourth-order valence-electron chi connectivity index (χ4n) is 5.73. The molecule has 5 heteroatoms. The van der Waals surface area contributed by atoms with Crippen LogP contribution in [0.1, 0.15) is 11.1 Å². The molecule has 0 aliphatic rings. The molecule has 0 aliphatic heterocycles. The van der Waals surface area contributed by atoms with E-state index in [1.54, 1.807) is 24.6 Å². The minimum atomic E-state index is -0.00677. The first-order valence-corrected chi connectivity index (χ1v) is 15.1. The van der Waals surface area contributed by atoms with Gasteiger partial charge in [0.05, 0.1) is 11.4 Å². The molecule has 8 aromatic carbocycles. The molecule has 0 N–H and O–H groups in total. The van der Waals surface area contributed by atoms with E-state index in [-0.39, 0.29) is 28.6 Å². The third-order valence-corrected chi connectivity index (χ3v) is 8.06. The monoisotopic (exact) mass is 655 g/mol. The Bertz CT molecular complexity index is 2240. The van der Waals surface area contributed by atoms with E-state index in [1.807, 2.05) is 121 Å². The van der Waals surface area contributed by atoms with Crippen molar-refractivity contribution < 1.29 is 27.3 Å². The summed E-state index contributed by atoms with van der Waals surface area (Å²) >= 11 is 0. The van der Waals surface area contributed by atoms with Crippen molar-refractivity contribution in [2.75, 3.05) is 0 Å². The Morgan fingerprint density at radius 2 is 0.660 bits per heavy atom. The molecule has 0 atom stereocenters. The number of hydrogen-bond donors (Lipinski definition) is 0. The zero-order valence-corrected chi connectivity index (χ0v) is 26.1. The van der Waals surface area contributed by atoms with Gasteiger partial charge in [0.1, 0.15) is 0 Å². The first-order valence-electron chi connectivity index (χ1n) is 15.1. The van der Waals surface area contributed by atoms with Crippen molar-refractivity contribution >= 4 is 66.9 Å². The second-order valence-electron chi connectivity index (χ2n) is 10.9. The van der Waals surface area contributed by atoms with Crippen LogP contribution >= 0.6 is 0 Å². The standard InChI is InChI=1S/2C21H15NO.Cu/c2*23-21-13-12-16-7-1-3-9-17(16)19(21)14-22-20-11-5-8-15-6-2-4-10-18(15)20;/h2*1-14,23H;/q;;+2/p-2. The predicted octanol–water partition coefficient (Wildman–Crippen LogP) is 9.63.